The average Bonchev–Trinajstić information content (AvgIpc) is 2.54. The number of aliphatic hydroxyl groups excluding tert-OH is 1. The highest BCUT2D eigenvalue weighted by Crippen LogP contribution is 2.07. The van der Waals surface area contributed by atoms with E-state index in [0.29, 0.717) is 51.9 Å². The Balaban J connectivity index is 4.09. The number of nitrogens with zero attached hydrogens (tertiary/aromatic N) is 3. The largest absolute Gasteiger partial charge is 0.395 e. The van der Waals surface area contributed by atoms with Crippen molar-refractivity contribution in [1.29, 1.82) is 0 Å². The lowest BCUT2D eigenvalue weighted by Gasteiger charge is -2.22. The fourth-order valence-corrected chi connectivity index (χ4v) is 2.41. The molecular formula is C16H31N3O4. The monoisotopic (exact) mass is 329 g/mol. The maximum atomic E-state index is 12.1. The van der Waals surface area contributed by atoms with Crippen molar-refractivity contribution in [3.8, 4) is 0 Å². The first kappa shape index (κ1) is 21.5. The van der Waals surface area contributed by atoms with Crippen molar-refractivity contribution in [2.24, 2.45) is 5.18 Å². The molecule has 2 amide bonds. The van der Waals surface area contributed by atoms with E-state index in [2.05, 4.69) is 5.18 Å². The van der Waals surface area contributed by atoms with E-state index in [9.17, 15) is 14.5 Å². The standard InChI is InChI=1S/C16H31N3O4/c1-3-10-18(12-9-17-23)15(21)7-5-6-8-16(22)19(11-4-2)13-14-20/h20H,3-14H2,1-2H3. The molecule has 0 heterocycles. The van der Waals surface area contributed by atoms with Crippen LogP contribution in [0.4, 0.5) is 0 Å². The number of nitroso groups, excluding NO2 is 1. The molecule has 0 aliphatic heterocycles. The van der Waals surface area contributed by atoms with E-state index in [4.69, 9.17) is 5.11 Å². The molecule has 0 saturated heterocycles. The predicted molar refractivity (Wildman–Crippen MR) is 90.0 cm³/mol. The van der Waals surface area contributed by atoms with Gasteiger partial charge in [0.05, 0.1) is 13.2 Å². The molecule has 0 fully saturated rings. The highest BCUT2D eigenvalue weighted by atomic mass is 16.3. The third-order valence-electron chi connectivity index (χ3n) is 3.55. The Bertz CT molecular complexity index is 344. The zero-order chi connectivity index (χ0) is 17.5. The van der Waals surface area contributed by atoms with Crippen LogP contribution in [0.3, 0.4) is 0 Å². The Labute approximate surface area is 139 Å². The summed E-state index contributed by atoms with van der Waals surface area (Å²) in [5, 5.41) is 11.8. The van der Waals surface area contributed by atoms with E-state index in [1.165, 1.54) is 0 Å². The maximum absolute atomic E-state index is 12.1. The summed E-state index contributed by atoms with van der Waals surface area (Å²) >= 11 is 0. The maximum Gasteiger partial charge on any atom is 0.222 e. The fraction of sp³-hybridized carbons (Fsp3) is 0.875. The molecule has 134 valence electrons. The van der Waals surface area contributed by atoms with E-state index in [-0.39, 0.29) is 25.0 Å². The van der Waals surface area contributed by atoms with Gasteiger partial charge in [-0.1, -0.05) is 19.0 Å². The number of hydrogen-bond acceptors (Lipinski definition) is 5. The molecule has 0 saturated carbocycles. The third kappa shape index (κ3) is 9.99. The van der Waals surface area contributed by atoms with Gasteiger partial charge in [-0.15, -0.1) is 0 Å². The number of carbonyl (C=O) groups is 2. The lowest BCUT2D eigenvalue weighted by atomic mass is 10.1. The normalized spacial score (nSPS) is 10.4. The molecule has 0 aliphatic carbocycles. The molecule has 0 spiro atoms. The molecule has 0 rings (SSSR count). The molecule has 0 aliphatic rings. The molecule has 0 aromatic carbocycles. The van der Waals surface area contributed by atoms with Gasteiger partial charge in [-0.2, -0.15) is 4.91 Å². The van der Waals surface area contributed by atoms with Crippen LogP contribution in [-0.4, -0.2) is 66.1 Å². The zero-order valence-corrected chi connectivity index (χ0v) is 14.5. The second-order valence-electron chi connectivity index (χ2n) is 5.54. The van der Waals surface area contributed by atoms with Gasteiger partial charge in [-0.3, -0.25) is 9.59 Å². The number of amides is 2. The number of rotatable bonds is 14. The summed E-state index contributed by atoms with van der Waals surface area (Å²) in [4.78, 5) is 37.6. The van der Waals surface area contributed by atoms with Crippen LogP contribution in [0.15, 0.2) is 5.18 Å². The van der Waals surface area contributed by atoms with E-state index in [1.807, 2.05) is 13.8 Å². The minimum atomic E-state index is -0.0268. The predicted octanol–water partition coefficient (Wildman–Crippen LogP) is 1.78. The molecule has 1 N–H and O–H groups in total. The Morgan fingerprint density at radius 2 is 1.35 bits per heavy atom. The van der Waals surface area contributed by atoms with Crippen LogP contribution in [0.25, 0.3) is 0 Å². The van der Waals surface area contributed by atoms with E-state index in [0.717, 1.165) is 12.8 Å². The van der Waals surface area contributed by atoms with Gasteiger partial charge in [-0.25, -0.2) is 0 Å². The van der Waals surface area contributed by atoms with Gasteiger partial charge >= 0.3 is 0 Å². The van der Waals surface area contributed by atoms with Crippen LogP contribution < -0.4 is 0 Å². The van der Waals surface area contributed by atoms with Crippen LogP contribution in [0, 0.1) is 4.91 Å². The summed E-state index contributed by atoms with van der Waals surface area (Å²) in [7, 11) is 0. The topological polar surface area (TPSA) is 90.3 Å². The van der Waals surface area contributed by atoms with Crippen molar-refractivity contribution >= 4 is 11.8 Å². The quantitative estimate of drug-likeness (QED) is 0.388. The highest BCUT2D eigenvalue weighted by Gasteiger charge is 2.14. The van der Waals surface area contributed by atoms with Crippen molar-refractivity contribution in [3.63, 3.8) is 0 Å². The van der Waals surface area contributed by atoms with Gasteiger partial charge in [0.15, 0.2) is 0 Å². The average molecular weight is 329 g/mol. The SMILES string of the molecule is CCCN(CCO)C(=O)CCCCC(=O)N(CCC)CCN=O. The summed E-state index contributed by atoms with van der Waals surface area (Å²) in [6.07, 6.45) is 3.80. The lowest BCUT2D eigenvalue weighted by Crippen LogP contribution is -2.34. The Hall–Kier alpha value is -1.50. The second kappa shape index (κ2) is 14.1. The van der Waals surface area contributed by atoms with E-state index in [1.54, 1.807) is 9.80 Å². The highest BCUT2D eigenvalue weighted by molar-refractivity contribution is 5.77. The van der Waals surface area contributed by atoms with Gasteiger partial charge in [0, 0.05) is 39.0 Å². The van der Waals surface area contributed by atoms with Crippen molar-refractivity contribution < 1.29 is 14.7 Å². The van der Waals surface area contributed by atoms with Crippen LogP contribution in [-0.2, 0) is 9.59 Å². The van der Waals surface area contributed by atoms with Crippen molar-refractivity contribution in [2.75, 3.05) is 39.3 Å². The Morgan fingerprint density at radius 1 is 0.870 bits per heavy atom. The zero-order valence-electron chi connectivity index (χ0n) is 14.5. The summed E-state index contributed by atoms with van der Waals surface area (Å²) in [6.45, 7) is 6.10. The first-order valence-electron chi connectivity index (χ1n) is 8.56. The summed E-state index contributed by atoms with van der Waals surface area (Å²) in [5.74, 6) is 0.0487. The minimum absolute atomic E-state index is 0.0173. The van der Waals surface area contributed by atoms with E-state index >= 15 is 0 Å². The van der Waals surface area contributed by atoms with Gasteiger partial charge < -0.3 is 14.9 Å². The molecule has 0 atom stereocenters. The van der Waals surface area contributed by atoms with Crippen LogP contribution in [0.1, 0.15) is 52.4 Å². The number of aliphatic hydroxyl groups is 1. The first-order valence-corrected chi connectivity index (χ1v) is 8.56. The summed E-state index contributed by atoms with van der Waals surface area (Å²) in [6, 6.07) is 0. The van der Waals surface area contributed by atoms with Crippen LogP contribution in [0.5, 0.6) is 0 Å². The van der Waals surface area contributed by atoms with Gasteiger partial charge in [0.1, 0.15) is 0 Å². The molecule has 0 bridgehead atoms. The molecule has 0 aromatic heterocycles. The number of carbonyl (C=O) groups excluding carboxylic acids is 2. The van der Waals surface area contributed by atoms with Gasteiger partial charge in [0.2, 0.25) is 11.8 Å². The number of unbranched alkanes of at least 4 members (excludes halogenated alkanes) is 1. The van der Waals surface area contributed by atoms with Crippen LogP contribution >= 0.6 is 0 Å². The van der Waals surface area contributed by atoms with E-state index < -0.39 is 0 Å². The minimum Gasteiger partial charge on any atom is -0.395 e. The third-order valence-corrected chi connectivity index (χ3v) is 3.55. The Kier molecular flexibility index (Phi) is 13.2. The molecule has 0 radical (unpaired) electrons. The van der Waals surface area contributed by atoms with Crippen molar-refractivity contribution in [3.05, 3.63) is 4.91 Å². The molecule has 0 aromatic rings. The molecule has 7 nitrogen and oxygen atoms in total. The Morgan fingerprint density at radius 3 is 1.74 bits per heavy atom. The first-order chi connectivity index (χ1) is 11.1. The summed E-state index contributed by atoms with van der Waals surface area (Å²) in [5.41, 5.74) is 0. The van der Waals surface area contributed by atoms with Crippen LogP contribution in [0.2, 0.25) is 0 Å². The van der Waals surface area contributed by atoms with Crippen molar-refractivity contribution in [2.45, 2.75) is 52.4 Å². The summed E-state index contributed by atoms with van der Waals surface area (Å²) < 4.78 is 0. The fourth-order valence-electron chi connectivity index (χ4n) is 2.41. The lowest BCUT2D eigenvalue weighted by molar-refractivity contribution is -0.133. The van der Waals surface area contributed by atoms with Gasteiger partial charge in [-0.05, 0) is 25.7 Å². The second-order valence-corrected chi connectivity index (χ2v) is 5.54. The van der Waals surface area contributed by atoms with Gasteiger partial charge in [0.25, 0.3) is 0 Å². The van der Waals surface area contributed by atoms with Crippen molar-refractivity contribution in [1.82, 2.24) is 9.80 Å². The number of hydrogen-bond donors (Lipinski definition) is 1. The molecular weight excluding hydrogens is 298 g/mol. The molecule has 23 heavy (non-hydrogen) atoms. The molecule has 0 unspecified atom stereocenters. The molecule has 7 heteroatoms. The smallest absolute Gasteiger partial charge is 0.222 e.